The van der Waals surface area contributed by atoms with E-state index in [9.17, 15) is 4.79 Å². The van der Waals surface area contributed by atoms with Crippen molar-refractivity contribution in [3.05, 3.63) is 0 Å². The molecule has 0 N–H and O–H groups in total. The average molecular weight is 242 g/mol. The molecule has 0 aliphatic rings. The molecule has 0 aromatic rings. The van der Waals surface area contributed by atoms with Crippen LogP contribution in [0.25, 0.3) is 0 Å². The lowest BCUT2D eigenvalue weighted by Gasteiger charge is -2.28. The maximum Gasteiger partial charge on any atom is 0.319 e. The van der Waals surface area contributed by atoms with Gasteiger partial charge in [-0.25, -0.2) is 4.79 Å². The van der Waals surface area contributed by atoms with E-state index in [4.69, 9.17) is 0 Å². The molecule has 0 radical (unpaired) electrons. The Hall–Kier alpha value is -0.730. The molecule has 0 aliphatic carbocycles. The molecular weight excluding hydrogens is 212 g/mol. The minimum atomic E-state index is 0.209. The van der Waals surface area contributed by atoms with Crippen LogP contribution in [0.3, 0.4) is 0 Å². The van der Waals surface area contributed by atoms with Gasteiger partial charge in [0.2, 0.25) is 0 Å². The second-order valence-corrected chi connectivity index (χ2v) is 4.75. The van der Waals surface area contributed by atoms with E-state index >= 15 is 0 Å². The summed E-state index contributed by atoms with van der Waals surface area (Å²) in [5.74, 6) is 0. The molecule has 0 rings (SSSR count). The predicted octanol–water partition coefficient (Wildman–Crippen LogP) is 3.74. The fourth-order valence-corrected chi connectivity index (χ4v) is 1.73. The van der Waals surface area contributed by atoms with Gasteiger partial charge in [-0.15, -0.1) is 0 Å². The Kier molecular flexibility index (Phi) is 9.98. The average Bonchev–Trinajstić information content (AvgIpc) is 2.35. The molecule has 0 atom stereocenters. The Labute approximate surface area is 107 Å². The highest BCUT2D eigenvalue weighted by molar-refractivity contribution is 5.74. The minimum Gasteiger partial charge on any atom is -0.328 e. The number of unbranched alkanes of at least 4 members (excludes halogenated alkanes) is 3. The molecule has 0 saturated carbocycles. The highest BCUT2D eigenvalue weighted by Crippen LogP contribution is 2.04. The van der Waals surface area contributed by atoms with Gasteiger partial charge in [-0.05, 0) is 19.3 Å². The van der Waals surface area contributed by atoms with E-state index in [-0.39, 0.29) is 6.03 Å². The summed E-state index contributed by atoms with van der Waals surface area (Å²) in [7, 11) is 1.92. The largest absolute Gasteiger partial charge is 0.328 e. The molecule has 17 heavy (non-hydrogen) atoms. The van der Waals surface area contributed by atoms with Gasteiger partial charge in [0.25, 0.3) is 0 Å². The van der Waals surface area contributed by atoms with E-state index in [1.807, 2.05) is 16.8 Å². The van der Waals surface area contributed by atoms with Crippen LogP contribution in [0, 0.1) is 0 Å². The molecule has 0 aromatic carbocycles. The first-order valence-corrected chi connectivity index (χ1v) is 7.17. The van der Waals surface area contributed by atoms with Gasteiger partial charge in [0, 0.05) is 26.7 Å². The zero-order valence-corrected chi connectivity index (χ0v) is 12.2. The maximum absolute atomic E-state index is 12.2. The Morgan fingerprint density at radius 3 is 1.65 bits per heavy atom. The van der Waals surface area contributed by atoms with E-state index in [1.165, 1.54) is 0 Å². The predicted molar refractivity (Wildman–Crippen MR) is 74.3 cm³/mol. The molecule has 0 bridgehead atoms. The smallest absolute Gasteiger partial charge is 0.319 e. The van der Waals surface area contributed by atoms with Crippen molar-refractivity contribution in [1.82, 2.24) is 9.80 Å². The fourth-order valence-electron chi connectivity index (χ4n) is 1.73. The topological polar surface area (TPSA) is 23.6 Å². The maximum atomic E-state index is 12.2. The molecule has 0 spiro atoms. The Morgan fingerprint density at radius 2 is 1.24 bits per heavy atom. The number of amides is 2. The van der Waals surface area contributed by atoms with Crippen LogP contribution in [0.2, 0.25) is 0 Å². The Bertz CT molecular complexity index is 187. The number of rotatable bonds is 9. The number of carbonyl (C=O) groups is 1. The van der Waals surface area contributed by atoms with Crippen LogP contribution in [0.4, 0.5) is 4.79 Å². The van der Waals surface area contributed by atoms with E-state index < -0.39 is 0 Å². The van der Waals surface area contributed by atoms with Gasteiger partial charge in [0.05, 0.1) is 0 Å². The van der Waals surface area contributed by atoms with Gasteiger partial charge in [0.15, 0.2) is 0 Å². The van der Waals surface area contributed by atoms with Crippen molar-refractivity contribution >= 4 is 6.03 Å². The van der Waals surface area contributed by atoms with Crippen LogP contribution in [0.5, 0.6) is 0 Å². The van der Waals surface area contributed by atoms with Crippen molar-refractivity contribution in [3.8, 4) is 0 Å². The van der Waals surface area contributed by atoms with Crippen LogP contribution in [0.1, 0.15) is 59.3 Å². The van der Waals surface area contributed by atoms with E-state index in [1.54, 1.807) is 0 Å². The zero-order chi connectivity index (χ0) is 13.1. The molecule has 0 saturated heterocycles. The van der Waals surface area contributed by atoms with Crippen LogP contribution in [-0.4, -0.2) is 42.5 Å². The third kappa shape index (κ3) is 7.24. The van der Waals surface area contributed by atoms with Gasteiger partial charge < -0.3 is 9.80 Å². The molecule has 0 aliphatic heterocycles. The van der Waals surface area contributed by atoms with Crippen molar-refractivity contribution in [2.45, 2.75) is 59.3 Å². The molecular formula is C14H30N2O. The van der Waals surface area contributed by atoms with E-state index in [0.29, 0.717) is 0 Å². The molecule has 0 heterocycles. The number of nitrogens with zero attached hydrogens (tertiary/aromatic N) is 2. The normalized spacial score (nSPS) is 10.4. The SMILES string of the molecule is CCCCN(C)C(=O)N(CCCC)CCCC. The number of hydrogen-bond acceptors (Lipinski definition) is 1. The molecule has 3 heteroatoms. The molecule has 3 nitrogen and oxygen atoms in total. The second-order valence-electron chi connectivity index (χ2n) is 4.75. The third-order valence-corrected chi connectivity index (χ3v) is 3.01. The van der Waals surface area contributed by atoms with E-state index in [2.05, 4.69) is 20.8 Å². The first-order chi connectivity index (χ1) is 8.17. The first-order valence-electron chi connectivity index (χ1n) is 7.17. The van der Waals surface area contributed by atoms with Crippen molar-refractivity contribution in [2.75, 3.05) is 26.7 Å². The van der Waals surface area contributed by atoms with Crippen molar-refractivity contribution < 1.29 is 4.79 Å². The van der Waals surface area contributed by atoms with Crippen LogP contribution in [0.15, 0.2) is 0 Å². The van der Waals surface area contributed by atoms with E-state index in [0.717, 1.165) is 58.2 Å². The van der Waals surface area contributed by atoms with Gasteiger partial charge in [0.1, 0.15) is 0 Å². The fraction of sp³-hybridized carbons (Fsp3) is 0.929. The van der Waals surface area contributed by atoms with Crippen molar-refractivity contribution in [3.63, 3.8) is 0 Å². The lowest BCUT2D eigenvalue weighted by atomic mass is 10.2. The summed E-state index contributed by atoms with van der Waals surface area (Å²) in [5, 5.41) is 0. The summed E-state index contributed by atoms with van der Waals surface area (Å²) in [5.41, 5.74) is 0. The highest BCUT2D eigenvalue weighted by Gasteiger charge is 2.16. The van der Waals surface area contributed by atoms with Crippen molar-refractivity contribution in [2.24, 2.45) is 0 Å². The Balaban J connectivity index is 4.18. The minimum absolute atomic E-state index is 0.209. The molecule has 0 fully saturated rings. The highest BCUT2D eigenvalue weighted by atomic mass is 16.2. The van der Waals surface area contributed by atoms with Crippen LogP contribution >= 0.6 is 0 Å². The third-order valence-electron chi connectivity index (χ3n) is 3.01. The van der Waals surface area contributed by atoms with Gasteiger partial charge in [-0.1, -0.05) is 40.0 Å². The standard InChI is InChI=1S/C14H30N2O/c1-5-8-11-15(4)14(17)16(12-9-6-2)13-10-7-3/h5-13H2,1-4H3. The second kappa shape index (κ2) is 10.4. The number of urea groups is 1. The monoisotopic (exact) mass is 242 g/mol. The molecule has 0 unspecified atom stereocenters. The summed E-state index contributed by atoms with van der Waals surface area (Å²) in [6, 6.07) is 0.209. The van der Waals surface area contributed by atoms with Gasteiger partial charge >= 0.3 is 6.03 Å². The molecule has 2 amide bonds. The van der Waals surface area contributed by atoms with Crippen LogP contribution in [-0.2, 0) is 0 Å². The summed E-state index contributed by atoms with van der Waals surface area (Å²) >= 11 is 0. The van der Waals surface area contributed by atoms with Gasteiger partial charge in [-0.2, -0.15) is 0 Å². The lowest BCUT2D eigenvalue weighted by molar-refractivity contribution is 0.160. The summed E-state index contributed by atoms with van der Waals surface area (Å²) < 4.78 is 0. The van der Waals surface area contributed by atoms with Crippen LogP contribution < -0.4 is 0 Å². The molecule has 102 valence electrons. The molecule has 0 aromatic heterocycles. The lowest BCUT2D eigenvalue weighted by Crippen LogP contribution is -2.42. The quantitative estimate of drug-likeness (QED) is 0.604. The first kappa shape index (κ1) is 16.3. The van der Waals surface area contributed by atoms with Gasteiger partial charge in [-0.3, -0.25) is 0 Å². The summed E-state index contributed by atoms with van der Waals surface area (Å²) in [4.78, 5) is 16.1. The summed E-state index contributed by atoms with van der Waals surface area (Å²) in [6.45, 7) is 9.19. The Morgan fingerprint density at radius 1 is 0.824 bits per heavy atom. The zero-order valence-electron chi connectivity index (χ0n) is 12.2. The number of hydrogen-bond donors (Lipinski definition) is 0. The van der Waals surface area contributed by atoms with Crippen molar-refractivity contribution in [1.29, 1.82) is 0 Å². The summed E-state index contributed by atoms with van der Waals surface area (Å²) in [6.07, 6.45) is 6.75. The number of carbonyl (C=O) groups excluding carboxylic acids is 1.